The van der Waals surface area contributed by atoms with Crippen molar-refractivity contribution in [2.75, 3.05) is 26.1 Å². The number of thioether (sulfide) groups is 1. The van der Waals surface area contributed by atoms with Gasteiger partial charge < -0.3 is 14.8 Å². The second-order valence-corrected chi connectivity index (χ2v) is 7.62. The van der Waals surface area contributed by atoms with Crippen LogP contribution in [0, 0.1) is 0 Å². The second-order valence-electron chi connectivity index (χ2n) is 5.76. The number of hydrogen-bond donors (Lipinski definition) is 1. The van der Waals surface area contributed by atoms with Crippen molar-refractivity contribution in [3.63, 3.8) is 0 Å². The van der Waals surface area contributed by atoms with Crippen molar-refractivity contribution in [1.82, 2.24) is 19.7 Å². The zero-order chi connectivity index (χ0) is 19.8. The van der Waals surface area contributed by atoms with E-state index in [1.165, 1.54) is 33.6 Å². The third-order valence-corrected chi connectivity index (χ3v) is 5.39. The Bertz CT molecular complexity index is 972. The van der Waals surface area contributed by atoms with E-state index in [2.05, 4.69) is 15.3 Å². The molecule has 28 heavy (non-hydrogen) atoms. The molecule has 8 nitrogen and oxygen atoms in total. The van der Waals surface area contributed by atoms with Gasteiger partial charge >= 0.3 is 0 Å². The lowest BCUT2D eigenvalue weighted by Crippen LogP contribution is -2.24. The molecule has 0 saturated heterocycles. The molecule has 3 aromatic heterocycles. The minimum Gasteiger partial charge on any atom is -0.475 e. The molecular weight excluding hydrogens is 400 g/mol. The lowest BCUT2D eigenvalue weighted by atomic mass is 10.3. The van der Waals surface area contributed by atoms with E-state index >= 15 is 0 Å². The molecular formula is C18H20N4O4S2. The van der Waals surface area contributed by atoms with Crippen LogP contribution in [0.15, 0.2) is 40.8 Å². The van der Waals surface area contributed by atoms with Crippen LogP contribution in [0.1, 0.15) is 11.3 Å². The van der Waals surface area contributed by atoms with E-state index in [0.717, 1.165) is 5.56 Å². The van der Waals surface area contributed by atoms with Crippen molar-refractivity contribution in [2.45, 2.75) is 12.3 Å². The standard InChI is InChI=1S/C18H20N4O4S2/c1-25-5-6-26-16-3-2-13(10-20-16)9-19-15(23)12-27-11-14-8-17(24)22-4-7-28-18(22)21-14/h2-4,7-8,10H,5-6,9,11-12H2,1H3,(H,19,23). The molecule has 0 spiro atoms. The Morgan fingerprint density at radius 2 is 2.25 bits per heavy atom. The normalized spacial score (nSPS) is 10.9. The summed E-state index contributed by atoms with van der Waals surface area (Å²) in [6.45, 7) is 1.34. The first-order chi connectivity index (χ1) is 13.7. The van der Waals surface area contributed by atoms with E-state index in [-0.39, 0.29) is 17.2 Å². The maximum atomic E-state index is 12.0. The first-order valence-corrected chi connectivity index (χ1v) is 10.6. The molecule has 0 saturated carbocycles. The van der Waals surface area contributed by atoms with Gasteiger partial charge in [0.25, 0.3) is 5.56 Å². The summed E-state index contributed by atoms with van der Waals surface area (Å²) in [4.78, 5) is 33.2. The highest BCUT2D eigenvalue weighted by Gasteiger charge is 2.06. The van der Waals surface area contributed by atoms with Gasteiger partial charge in [0.1, 0.15) is 6.61 Å². The average molecular weight is 421 g/mol. The number of rotatable bonds is 10. The molecule has 0 radical (unpaired) electrons. The van der Waals surface area contributed by atoms with Crippen LogP contribution < -0.4 is 15.6 Å². The van der Waals surface area contributed by atoms with Crippen LogP contribution in [0.5, 0.6) is 5.88 Å². The van der Waals surface area contributed by atoms with Crippen molar-refractivity contribution >= 4 is 34.0 Å². The summed E-state index contributed by atoms with van der Waals surface area (Å²) in [5, 5.41) is 4.67. The number of pyridine rings is 1. The highest BCUT2D eigenvalue weighted by atomic mass is 32.2. The smallest absolute Gasteiger partial charge is 0.258 e. The van der Waals surface area contributed by atoms with Crippen molar-refractivity contribution in [3.8, 4) is 5.88 Å². The van der Waals surface area contributed by atoms with Gasteiger partial charge in [0.05, 0.1) is 18.1 Å². The molecule has 1 N–H and O–H groups in total. The largest absolute Gasteiger partial charge is 0.475 e. The zero-order valence-electron chi connectivity index (χ0n) is 15.3. The van der Waals surface area contributed by atoms with Crippen LogP contribution in [0.3, 0.4) is 0 Å². The molecule has 0 aliphatic rings. The van der Waals surface area contributed by atoms with E-state index in [1.54, 1.807) is 25.6 Å². The fourth-order valence-electron chi connectivity index (χ4n) is 2.29. The Morgan fingerprint density at radius 1 is 1.36 bits per heavy atom. The van der Waals surface area contributed by atoms with Crippen LogP contribution >= 0.6 is 23.1 Å². The number of methoxy groups -OCH3 is 1. The predicted octanol–water partition coefficient (Wildman–Crippen LogP) is 1.73. The lowest BCUT2D eigenvalue weighted by molar-refractivity contribution is -0.118. The summed E-state index contributed by atoms with van der Waals surface area (Å²) < 4.78 is 11.8. The molecule has 0 aliphatic carbocycles. The number of ether oxygens (including phenoxy) is 2. The molecule has 0 aliphatic heterocycles. The third-order valence-electron chi connectivity index (χ3n) is 3.66. The van der Waals surface area contributed by atoms with Crippen molar-refractivity contribution < 1.29 is 14.3 Å². The zero-order valence-corrected chi connectivity index (χ0v) is 16.9. The maximum Gasteiger partial charge on any atom is 0.258 e. The molecule has 1 amide bonds. The van der Waals surface area contributed by atoms with Gasteiger partial charge in [-0.25, -0.2) is 9.97 Å². The van der Waals surface area contributed by atoms with Crippen molar-refractivity contribution in [1.29, 1.82) is 0 Å². The molecule has 0 atom stereocenters. The first kappa shape index (κ1) is 20.3. The van der Waals surface area contributed by atoms with Gasteiger partial charge in [0.15, 0.2) is 4.96 Å². The molecule has 3 rings (SSSR count). The monoisotopic (exact) mass is 420 g/mol. The highest BCUT2D eigenvalue weighted by molar-refractivity contribution is 7.99. The number of hydrogen-bond acceptors (Lipinski definition) is 8. The molecule has 3 heterocycles. The average Bonchev–Trinajstić information content (AvgIpc) is 3.17. The summed E-state index contributed by atoms with van der Waals surface area (Å²) in [5.74, 6) is 1.23. The van der Waals surface area contributed by atoms with Crippen molar-refractivity contribution in [3.05, 3.63) is 57.6 Å². The molecule has 0 bridgehead atoms. The number of nitrogens with zero attached hydrogens (tertiary/aromatic N) is 3. The second kappa shape index (κ2) is 10.2. The Morgan fingerprint density at radius 3 is 3.04 bits per heavy atom. The van der Waals surface area contributed by atoms with Crippen molar-refractivity contribution in [2.24, 2.45) is 0 Å². The topological polar surface area (TPSA) is 94.8 Å². The third kappa shape index (κ3) is 5.78. The van der Waals surface area contributed by atoms with Gasteiger partial charge in [-0.2, -0.15) is 0 Å². The molecule has 0 aromatic carbocycles. The molecule has 10 heteroatoms. The first-order valence-electron chi connectivity index (χ1n) is 8.52. The number of aromatic nitrogens is 3. The van der Waals surface area contributed by atoms with E-state index in [4.69, 9.17) is 9.47 Å². The van der Waals surface area contributed by atoms with Crippen LogP contribution in [0.2, 0.25) is 0 Å². The SMILES string of the molecule is COCCOc1ccc(CNC(=O)CSCc2cc(=O)n3ccsc3n2)cn1. The van der Waals surface area contributed by atoms with E-state index < -0.39 is 0 Å². The van der Waals surface area contributed by atoms with Gasteiger partial charge in [-0.05, 0) is 5.56 Å². The van der Waals surface area contributed by atoms with Gasteiger partial charge in [-0.15, -0.1) is 23.1 Å². The van der Waals surface area contributed by atoms with Gasteiger partial charge in [0, 0.05) is 49.3 Å². The fourth-order valence-corrected chi connectivity index (χ4v) is 3.78. The summed E-state index contributed by atoms with van der Waals surface area (Å²) in [6, 6.07) is 5.12. The minimum atomic E-state index is -0.103. The van der Waals surface area contributed by atoms with Crippen LogP contribution in [-0.2, 0) is 21.8 Å². The molecule has 0 unspecified atom stereocenters. The summed E-state index contributed by atoms with van der Waals surface area (Å²) in [5.41, 5.74) is 1.46. The van der Waals surface area contributed by atoms with Crippen LogP contribution in [0.25, 0.3) is 4.96 Å². The molecule has 0 fully saturated rings. The number of fused-ring (bicyclic) bond motifs is 1. The minimum absolute atomic E-state index is 0.0839. The van der Waals surface area contributed by atoms with Crippen LogP contribution in [-0.4, -0.2) is 46.4 Å². The molecule has 148 valence electrons. The number of nitrogens with one attached hydrogen (secondary N) is 1. The number of carbonyl (C=O) groups is 1. The number of amides is 1. The predicted molar refractivity (Wildman–Crippen MR) is 109 cm³/mol. The van der Waals surface area contributed by atoms with Gasteiger partial charge in [-0.1, -0.05) is 6.07 Å². The van der Waals surface area contributed by atoms with Crippen LogP contribution in [0.4, 0.5) is 0 Å². The molecule has 3 aromatic rings. The van der Waals surface area contributed by atoms with Gasteiger partial charge in [0.2, 0.25) is 11.8 Å². The van der Waals surface area contributed by atoms with Gasteiger partial charge in [-0.3, -0.25) is 14.0 Å². The lowest BCUT2D eigenvalue weighted by Gasteiger charge is -2.07. The number of carbonyl (C=O) groups excluding carboxylic acids is 1. The Kier molecular flexibility index (Phi) is 7.40. The Labute approximate surface area is 169 Å². The number of thiazole rings is 1. The summed E-state index contributed by atoms with van der Waals surface area (Å²) >= 11 is 2.83. The Hall–Kier alpha value is -2.43. The van der Waals surface area contributed by atoms with E-state index in [1.807, 2.05) is 11.4 Å². The quantitative estimate of drug-likeness (QED) is 0.499. The summed E-state index contributed by atoms with van der Waals surface area (Å²) in [7, 11) is 1.61. The maximum absolute atomic E-state index is 12.0. The fraction of sp³-hybridized carbons (Fsp3) is 0.333. The summed E-state index contributed by atoms with van der Waals surface area (Å²) in [6.07, 6.45) is 3.37. The van der Waals surface area contributed by atoms with E-state index in [0.29, 0.717) is 42.0 Å². The highest BCUT2D eigenvalue weighted by Crippen LogP contribution is 2.12. The Balaban J connectivity index is 1.40. The van der Waals surface area contributed by atoms with E-state index in [9.17, 15) is 9.59 Å².